The van der Waals surface area contributed by atoms with Crippen LogP contribution in [0.3, 0.4) is 0 Å². The molecule has 0 N–H and O–H groups in total. The largest absolute Gasteiger partial charge is 0.489 e. The average Bonchev–Trinajstić information content (AvgIpc) is 3.15. The fraction of sp³-hybridized carbons (Fsp3) is 0.190. The highest BCUT2D eigenvalue weighted by Crippen LogP contribution is 2.15. The van der Waals surface area contributed by atoms with Crippen LogP contribution in [0.15, 0.2) is 66.9 Å². The molecule has 0 atom stereocenters. The molecule has 1 amide bonds. The number of halogens is 1. The van der Waals surface area contributed by atoms with Gasteiger partial charge in [-0.15, -0.1) is 5.10 Å². The van der Waals surface area contributed by atoms with Crippen LogP contribution in [0.1, 0.15) is 11.3 Å². The van der Waals surface area contributed by atoms with Gasteiger partial charge >= 0.3 is 0 Å². The zero-order valence-corrected chi connectivity index (χ0v) is 15.5. The molecule has 0 spiro atoms. The van der Waals surface area contributed by atoms with Crippen LogP contribution < -0.4 is 4.74 Å². The molecule has 0 saturated heterocycles. The van der Waals surface area contributed by atoms with Gasteiger partial charge in [0.1, 0.15) is 12.3 Å². The van der Waals surface area contributed by atoms with Crippen molar-refractivity contribution in [1.82, 2.24) is 19.9 Å². The van der Waals surface area contributed by atoms with Crippen molar-refractivity contribution in [2.24, 2.45) is 0 Å². The summed E-state index contributed by atoms with van der Waals surface area (Å²) >= 11 is 0. The fourth-order valence-corrected chi connectivity index (χ4v) is 2.49. The minimum Gasteiger partial charge on any atom is -0.489 e. The summed E-state index contributed by atoms with van der Waals surface area (Å²) in [5, 5.41) is 8.10. The van der Waals surface area contributed by atoms with E-state index in [1.807, 2.05) is 30.3 Å². The first kappa shape index (κ1) is 19.3. The van der Waals surface area contributed by atoms with Crippen LogP contribution in [0, 0.1) is 5.82 Å². The minimum atomic E-state index is -0.421. The fourth-order valence-electron chi connectivity index (χ4n) is 2.49. The zero-order valence-electron chi connectivity index (χ0n) is 15.5. The molecule has 0 saturated carbocycles. The van der Waals surface area contributed by atoms with Crippen molar-refractivity contribution in [1.29, 1.82) is 0 Å². The Balaban J connectivity index is 1.47. The van der Waals surface area contributed by atoms with E-state index in [-0.39, 0.29) is 18.3 Å². The first-order chi connectivity index (χ1) is 13.6. The summed E-state index contributed by atoms with van der Waals surface area (Å²) in [6.45, 7) is 1.14. The topological polar surface area (TPSA) is 60.2 Å². The molecule has 0 bridgehead atoms. The standard InChI is InChI=1S/C21H21FN4O2/c1-25(13-14-28-20-10-6-5-9-19(20)22)21(27)12-11-18-16-26(24-23-18)15-17-7-3-2-4-8-17/h2-12,16H,13-15H2,1H3/b12-11+. The van der Waals surface area contributed by atoms with E-state index >= 15 is 0 Å². The predicted octanol–water partition coefficient (Wildman–Crippen LogP) is 3.02. The third-order valence-corrected chi connectivity index (χ3v) is 4.04. The van der Waals surface area contributed by atoms with Crippen molar-refractivity contribution in [3.63, 3.8) is 0 Å². The second-order valence-electron chi connectivity index (χ2n) is 6.20. The van der Waals surface area contributed by atoms with Gasteiger partial charge in [-0.05, 0) is 23.8 Å². The number of rotatable bonds is 8. The lowest BCUT2D eigenvalue weighted by Crippen LogP contribution is -2.29. The molecule has 0 aliphatic heterocycles. The van der Waals surface area contributed by atoms with Crippen LogP contribution in [0.4, 0.5) is 4.39 Å². The van der Waals surface area contributed by atoms with Gasteiger partial charge in [0.2, 0.25) is 5.91 Å². The van der Waals surface area contributed by atoms with Crippen molar-refractivity contribution >= 4 is 12.0 Å². The van der Waals surface area contributed by atoms with Crippen molar-refractivity contribution in [3.8, 4) is 5.75 Å². The molecule has 2 aromatic carbocycles. The van der Waals surface area contributed by atoms with Gasteiger partial charge in [0, 0.05) is 13.1 Å². The van der Waals surface area contributed by atoms with Gasteiger partial charge in [-0.25, -0.2) is 9.07 Å². The van der Waals surface area contributed by atoms with E-state index in [0.29, 0.717) is 18.8 Å². The third kappa shape index (κ3) is 5.51. The molecule has 0 aliphatic rings. The molecule has 28 heavy (non-hydrogen) atoms. The molecule has 144 valence electrons. The van der Waals surface area contributed by atoms with Gasteiger partial charge in [0.25, 0.3) is 0 Å². The van der Waals surface area contributed by atoms with Gasteiger partial charge < -0.3 is 9.64 Å². The summed E-state index contributed by atoms with van der Waals surface area (Å²) in [7, 11) is 1.66. The van der Waals surface area contributed by atoms with E-state index in [9.17, 15) is 9.18 Å². The second-order valence-corrected chi connectivity index (χ2v) is 6.20. The van der Waals surface area contributed by atoms with Crippen LogP contribution in [-0.4, -0.2) is 46.0 Å². The normalized spacial score (nSPS) is 10.9. The summed E-state index contributed by atoms with van der Waals surface area (Å²) in [5.41, 5.74) is 1.72. The lowest BCUT2D eigenvalue weighted by Gasteiger charge is -2.15. The number of hydrogen-bond donors (Lipinski definition) is 0. The molecule has 1 heterocycles. The first-order valence-electron chi connectivity index (χ1n) is 8.86. The summed E-state index contributed by atoms with van der Waals surface area (Å²) in [6.07, 6.45) is 4.82. The summed E-state index contributed by atoms with van der Waals surface area (Å²) in [4.78, 5) is 13.7. The van der Waals surface area contributed by atoms with Crippen molar-refractivity contribution < 1.29 is 13.9 Å². The number of nitrogens with zero attached hydrogens (tertiary/aromatic N) is 4. The number of para-hydroxylation sites is 1. The molecule has 0 radical (unpaired) electrons. The van der Waals surface area contributed by atoms with Crippen LogP contribution in [-0.2, 0) is 11.3 Å². The summed E-state index contributed by atoms with van der Waals surface area (Å²) in [5.74, 6) is -0.446. The molecule has 6 nitrogen and oxygen atoms in total. The number of hydrogen-bond acceptors (Lipinski definition) is 4. The van der Waals surface area contributed by atoms with Crippen LogP contribution in [0.2, 0.25) is 0 Å². The van der Waals surface area contributed by atoms with Crippen LogP contribution in [0.25, 0.3) is 6.08 Å². The number of ether oxygens (including phenoxy) is 1. The SMILES string of the molecule is CN(CCOc1ccccc1F)C(=O)/C=C/c1cn(Cc2ccccc2)nn1. The van der Waals surface area contributed by atoms with E-state index < -0.39 is 5.82 Å². The van der Waals surface area contributed by atoms with Gasteiger partial charge in [-0.1, -0.05) is 47.7 Å². The Kier molecular flexibility index (Phi) is 6.51. The van der Waals surface area contributed by atoms with Crippen molar-refractivity contribution in [3.05, 3.63) is 83.9 Å². The van der Waals surface area contributed by atoms with Crippen molar-refractivity contribution in [2.75, 3.05) is 20.2 Å². The smallest absolute Gasteiger partial charge is 0.246 e. The van der Waals surface area contributed by atoms with E-state index in [1.165, 1.54) is 17.0 Å². The number of likely N-dealkylation sites (N-methyl/N-ethyl adjacent to an activating group) is 1. The number of aromatic nitrogens is 3. The van der Waals surface area contributed by atoms with E-state index in [2.05, 4.69) is 10.3 Å². The number of carbonyl (C=O) groups excluding carboxylic acids is 1. The summed E-state index contributed by atoms with van der Waals surface area (Å²) in [6, 6.07) is 16.1. The quantitative estimate of drug-likeness (QED) is 0.564. The predicted molar refractivity (Wildman–Crippen MR) is 104 cm³/mol. The van der Waals surface area contributed by atoms with E-state index in [4.69, 9.17) is 4.74 Å². The Labute approximate surface area is 162 Å². The average molecular weight is 380 g/mol. The molecular weight excluding hydrogens is 359 g/mol. The molecule has 3 aromatic rings. The van der Waals surface area contributed by atoms with Crippen LogP contribution >= 0.6 is 0 Å². The van der Waals surface area contributed by atoms with Gasteiger partial charge in [-0.2, -0.15) is 0 Å². The first-order valence-corrected chi connectivity index (χ1v) is 8.86. The van der Waals surface area contributed by atoms with E-state index in [0.717, 1.165) is 5.56 Å². The van der Waals surface area contributed by atoms with Gasteiger partial charge in [0.05, 0.1) is 19.3 Å². The molecule has 0 unspecified atom stereocenters. The Bertz CT molecular complexity index is 940. The highest BCUT2D eigenvalue weighted by atomic mass is 19.1. The van der Waals surface area contributed by atoms with E-state index in [1.54, 1.807) is 42.2 Å². The Morgan fingerprint density at radius 3 is 2.71 bits per heavy atom. The molecule has 0 aliphatic carbocycles. The highest BCUT2D eigenvalue weighted by Gasteiger charge is 2.07. The lowest BCUT2D eigenvalue weighted by atomic mass is 10.2. The van der Waals surface area contributed by atoms with Crippen molar-refractivity contribution in [2.45, 2.75) is 6.54 Å². The molecule has 7 heteroatoms. The number of amides is 1. The molecule has 0 fully saturated rings. The Hall–Kier alpha value is -3.48. The molecular formula is C21H21FN4O2. The lowest BCUT2D eigenvalue weighted by molar-refractivity contribution is -0.125. The summed E-state index contributed by atoms with van der Waals surface area (Å²) < 4.78 is 20.6. The molecule has 1 aromatic heterocycles. The van der Waals surface area contributed by atoms with Gasteiger partial charge in [-0.3, -0.25) is 4.79 Å². The maximum absolute atomic E-state index is 13.5. The zero-order chi connectivity index (χ0) is 19.8. The highest BCUT2D eigenvalue weighted by molar-refractivity contribution is 5.91. The van der Waals surface area contributed by atoms with Gasteiger partial charge in [0.15, 0.2) is 11.6 Å². The maximum Gasteiger partial charge on any atom is 0.246 e. The Morgan fingerprint density at radius 1 is 1.18 bits per heavy atom. The number of benzene rings is 2. The Morgan fingerprint density at radius 2 is 1.93 bits per heavy atom. The number of carbonyl (C=O) groups is 1. The van der Waals surface area contributed by atoms with Crippen LogP contribution in [0.5, 0.6) is 5.75 Å². The monoisotopic (exact) mass is 380 g/mol. The molecule has 3 rings (SSSR count). The minimum absolute atomic E-state index is 0.175. The third-order valence-electron chi connectivity index (χ3n) is 4.04. The second kappa shape index (κ2) is 9.45. The maximum atomic E-state index is 13.5.